The van der Waals surface area contributed by atoms with E-state index in [1.807, 2.05) is 12.2 Å². The van der Waals surface area contributed by atoms with Gasteiger partial charge in [0, 0.05) is 22.5 Å². The standard InChI is InChI=1S/C20H15Cl2NO4/c21-10-4-6-14(16(22)8-10)20(26)27-11-5-7-17-15(9-11)12-2-1-3-13(12)18(23-17)19(24)25/h1-2,4-9,12-13,18,23H,3H2,(H,24,25)/t12-,13+,18+/m0/s1. The quantitative estimate of drug-likeness (QED) is 0.439. The number of nitrogens with one attached hydrogen (secondary N) is 1. The Labute approximate surface area is 165 Å². The molecule has 0 saturated heterocycles. The molecule has 0 fully saturated rings. The number of carboxylic acids is 1. The molecule has 0 aromatic heterocycles. The number of ether oxygens (including phenoxy) is 1. The van der Waals surface area contributed by atoms with Crippen LogP contribution in [0.25, 0.3) is 0 Å². The Morgan fingerprint density at radius 2 is 1.96 bits per heavy atom. The van der Waals surface area contributed by atoms with E-state index in [1.54, 1.807) is 24.3 Å². The molecule has 7 heteroatoms. The summed E-state index contributed by atoms with van der Waals surface area (Å²) in [6.45, 7) is 0. The molecule has 1 heterocycles. The molecule has 1 aliphatic carbocycles. The minimum Gasteiger partial charge on any atom is -0.480 e. The van der Waals surface area contributed by atoms with E-state index in [0.717, 1.165) is 11.3 Å². The maximum Gasteiger partial charge on any atom is 0.345 e. The number of hydrogen-bond acceptors (Lipinski definition) is 4. The SMILES string of the molecule is O=C(Oc1ccc2c(c1)[C@H]1C=CC[C@H]1[C@H](C(=O)O)N2)c1ccc(Cl)cc1Cl. The molecule has 0 amide bonds. The number of rotatable bonds is 3. The molecule has 0 radical (unpaired) electrons. The lowest BCUT2D eigenvalue weighted by Gasteiger charge is -2.34. The number of benzene rings is 2. The van der Waals surface area contributed by atoms with Gasteiger partial charge in [0.05, 0.1) is 10.6 Å². The first-order chi connectivity index (χ1) is 12.9. The molecule has 2 aromatic rings. The van der Waals surface area contributed by atoms with Crippen molar-refractivity contribution in [2.24, 2.45) is 5.92 Å². The molecule has 138 valence electrons. The number of esters is 1. The predicted octanol–water partition coefficient (Wildman–Crippen LogP) is 4.75. The van der Waals surface area contributed by atoms with E-state index in [9.17, 15) is 14.7 Å². The van der Waals surface area contributed by atoms with Crippen LogP contribution in [0.3, 0.4) is 0 Å². The summed E-state index contributed by atoms with van der Waals surface area (Å²) in [7, 11) is 0. The van der Waals surface area contributed by atoms with Gasteiger partial charge in [0.1, 0.15) is 11.8 Å². The van der Waals surface area contributed by atoms with Gasteiger partial charge in [-0.05, 0) is 48.4 Å². The van der Waals surface area contributed by atoms with Crippen LogP contribution < -0.4 is 10.1 Å². The molecule has 0 unspecified atom stereocenters. The number of fused-ring (bicyclic) bond motifs is 3. The van der Waals surface area contributed by atoms with E-state index >= 15 is 0 Å². The van der Waals surface area contributed by atoms with Crippen molar-refractivity contribution in [2.45, 2.75) is 18.4 Å². The zero-order valence-corrected chi connectivity index (χ0v) is 15.5. The monoisotopic (exact) mass is 403 g/mol. The largest absolute Gasteiger partial charge is 0.480 e. The van der Waals surface area contributed by atoms with Gasteiger partial charge in [-0.25, -0.2) is 9.59 Å². The van der Waals surface area contributed by atoms with Gasteiger partial charge in [-0.2, -0.15) is 0 Å². The number of aliphatic carboxylic acids is 1. The Hall–Kier alpha value is -2.50. The second-order valence-electron chi connectivity index (χ2n) is 6.58. The Morgan fingerprint density at radius 3 is 2.70 bits per heavy atom. The average Bonchev–Trinajstić information content (AvgIpc) is 3.10. The summed E-state index contributed by atoms with van der Waals surface area (Å²) in [5.41, 5.74) is 1.87. The fourth-order valence-electron chi connectivity index (χ4n) is 3.70. The van der Waals surface area contributed by atoms with E-state index in [4.69, 9.17) is 27.9 Å². The van der Waals surface area contributed by atoms with E-state index in [0.29, 0.717) is 17.2 Å². The Kier molecular flexibility index (Phi) is 4.58. The first-order valence-electron chi connectivity index (χ1n) is 8.41. The minimum atomic E-state index is -0.868. The van der Waals surface area contributed by atoms with Crippen LogP contribution in [0.2, 0.25) is 10.0 Å². The van der Waals surface area contributed by atoms with E-state index in [1.165, 1.54) is 12.1 Å². The van der Waals surface area contributed by atoms with Crippen LogP contribution in [0.15, 0.2) is 48.6 Å². The van der Waals surface area contributed by atoms with Gasteiger partial charge < -0.3 is 15.2 Å². The van der Waals surface area contributed by atoms with Gasteiger partial charge in [-0.1, -0.05) is 35.4 Å². The van der Waals surface area contributed by atoms with Crippen LogP contribution in [0, 0.1) is 5.92 Å². The van der Waals surface area contributed by atoms with Crippen LogP contribution in [0.4, 0.5) is 5.69 Å². The van der Waals surface area contributed by atoms with Crippen molar-refractivity contribution in [2.75, 3.05) is 5.32 Å². The second kappa shape index (κ2) is 6.91. The third kappa shape index (κ3) is 3.29. The summed E-state index contributed by atoms with van der Waals surface area (Å²) in [5, 5.41) is 13.2. The van der Waals surface area contributed by atoms with Gasteiger partial charge in [-0.3, -0.25) is 0 Å². The summed E-state index contributed by atoms with van der Waals surface area (Å²) >= 11 is 11.9. The molecule has 1 aliphatic heterocycles. The molecule has 0 spiro atoms. The average molecular weight is 404 g/mol. The molecule has 27 heavy (non-hydrogen) atoms. The van der Waals surface area contributed by atoms with Gasteiger partial charge in [0.25, 0.3) is 0 Å². The molecule has 3 atom stereocenters. The fraction of sp³-hybridized carbons (Fsp3) is 0.200. The lowest BCUT2D eigenvalue weighted by atomic mass is 9.79. The van der Waals surface area contributed by atoms with Crippen molar-refractivity contribution < 1.29 is 19.4 Å². The van der Waals surface area contributed by atoms with Crippen molar-refractivity contribution >= 4 is 40.8 Å². The van der Waals surface area contributed by atoms with Crippen LogP contribution in [0.1, 0.15) is 28.3 Å². The van der Waals surface area contributed by atoms with Crippen molar-refractivity contribution in [3.63, 3.8) is 0 Å². The van der Waals surface area contributed by atoms with Crippen LogP contribution >= 0.6 is 23.2 Å². The number of allylic oxidation sites excluding steroid dienone is 2. The molecule has 2 N–H and O–H groups in total. The summed E-state index contributed by atoms with van der Waals surface area (Å²) in [6.07, 6.45) is 4.70. The number of carboxylic acid groups (broad SMARTS) is 1. The predicted molar refractivity (Wildman–Crippen MR) is 103 cm³/mol. The third-order valence-electron chi connectivity index (χ3n) is 4.96. The Balaban J connectivity index is 1.62. The van der Waals surface area contributed by atoms with Crippen molar-refractivity contribution in [3.8, 4) is 5.75 Å². The summed E-state index contributed by atoms with van der Waals surface area (Å²) in [4.78, 5) is 24.0. The molecule has 2 aromatic carbocycles. The van der Waals surface area contributed by atoms with Crippen LogP contribution in [-0.2, 0) is 4.79 Å². The van der Waals surface area contributed by atoms with Gasteiger partial charge >= 0.3 is 11.9 Å². The minimum absolute atomic E-state index is 0.0277. The van der Waals surface area contributed by atoms with Crippen molar-refractivity contribution in [1.82, 2.24) is 0 Å². The summed E-state index contributed by atoms with van der Waals surface area (Å²) in [6, 6.07) is 9.07. The molecule has 0 saturated carbocycles. The maximum atomic E-state index is 12.4. The van der Waals surface area contributed by atoms with Gasteiger partial charge in [0.2, 0.25) is 0 Å². The van der Waals surface area contributed by atoms with E-state index in [-0.39, 0.29) is 22.4 Å². The number of carbonyl (C=O) groups excluding carboxylic acids is 1. The van der Waals surface area contributed by atoms with Crippen molar-refractivity contribution in [3.05, 3.63) is 69.7 Å². The van der Waals surface area contributed by atoms with E-state index in [2.05, 4.69) is 5.32 Å². The molecule has 5 nitrogen and oxygen atoms in total. The number of halogens is 2. The van der Waals surface area contributed by atoms with E-state index < -0.39 is 18.0 Å². The Bertz CT molecular complexity index is 972. The number of anilines is 1. The van der Waals surface area contributed by atoms with Crippen LogP contribution in [-0.4, -0.2) is 23.1 Å². The molecule has 0 bridgehead atoms. The topological polar surface area (TPSA) is 75.6 Å². The zero-order chi connectivity index (χ0) is 19.1. The Morgan fingerprint density at radius 1 is 1.15 bits per heavy atom. The molecule has 4 rings (SSSR count). The highest BCUT2D eigenvalue weighted by Gasteiger charge is 2.40. The first kappa shape index (κ1) is 17.9. The maximum absolute atomic E-state index is 12.4. The van der Waals surface area contributed by atoms with Crippen molar-refractivity contribution in [1.29, 1.82) is 0 Å². The summed E-state index contributed by atoms with van der Waals surface area (Å²) < 4.78 is 5.48. The number of hydrogen-bond donors (Lipinski definition) is 2. The highest BCUT2D eigenvalue weighted by Crippen LogP contribution is 2.45. The first-order valence-corrected chi connectivity index (χ1v) is 9.17. The lowest BCUT2D eigenvalue weighted by molar-refractivity contribution is -0.139. The molecular formula is C20H15Cl2NO4. The van der Waals surface area contributed by atoms with Crippen LogP contribution in [0.5, 0.6) is 5.75 Å². The van der Waals surface area contributed by atoms with Gasteiger partial charge in [0.15, 0.2) is 0 Å². The molecule has 2 aliphatic rings. The lowest BCUT2D eigenvalue weighted by Crippen LogP contribution is -2.41. The highest BCUT2D eigenvalue weighted by molar-refractivity contribution is 6.36. The zero-order valence-electron chi connectivity index (χ0n) is 14.0. The molecular weight excluding hydrogens is 389 g/mol. The normalized spacial score (nSPS) is 22.5. The highest BCUT2D eigenvalue weighted by atomic mass is 35.5. The second-order valence-corrected chi connectivity index (χ2v) is 7.42. The summed E-state index contributed by atoms with van der Waals surface area (Å²) in [5.74, 6) is -1.17. The van der Waals surface area contributed by atoms with Gasteiger partial charge in [-0.15, -0.1) is 0 Å². The fourth-order valence-corrected chi connectivity index (χ4v) is 4.18. The number of carbonyl (C=O) groups is 2. The smallest absolute Gasteiger partial charge is 0.345 e. The third-order valence-corrected chi connectivity index (χ3v) is 5.51.